The number of carbonyl (C=O) groups is 2. The van der Waals surface area contributed by atoms with Crippen molar-refractivity contribution in [3.63, 3.8) is 0 Å². The van der Waals surface area contributed by atoms with E-state index in [1.807, 2.05) is 0 Å². The van der Waals surface area contributed by atoms with Crippen LogP contribution in [0.25, 0.3) is 0 Å². The lowest BCUT2D eigenvalue weighted by atomic mass is 10.4. The van der Waals surface area contributed by atoms with Gasteiger partial charge in [-0.3, -0.25) is 4.79 Å². The molecule has 7 nitrogen and oxygen atoms in total. The van der Waals surface area contributed by atoms with Gasteiger partial charge in [0, 0.05) is 18.7 Å². The third-order valence-corrected chi connectivity index (χ3v) is 2.18. The smallest absolute Gasteiger partial charge is 0.334 e. The highest BCUT2D eigenvalue weighted by atomic mass is 35.5. The van der Waals surface area contributed by atoms with Crippen LogP contribution in [0.5, 0.6) is 11.8 Å². The molecule has 1 unspecified atom stereocenters. The third-order valence-electron chi connectivity index (χ3n) is 1.98. The largest absolute Gasteiger partial charge is 0.492 e. The van der Waals surface area contributed by atoms with Gasteiger partial charge in [0.1, 0.15) is 5.38 Å². The minimum Gasteiger partial charge on any atom is -0.492 e. The Morgan fingerprint density at radius 1 is 1.44 bits per heavy atom. The number of halogens is 1. The average molecular weight is 277 g/mol. The van der Waals surface area contributed by atoms with Gasteiger partial charge in [-0.2, -0.15) is 0 Å². The summed E-state index contributed by atoms with van der Waals surface area (Å²) < 4.78 is 0.578. The summed E-state index contributed by atoms with van der Waals surface area (Å²) in [6.45, 7) is 1.56. The topological polar surface area (TPSA) is 101 Å². The summed E-state index contributed by atoms with van der Waals surface area (Å²) in [4.78, 5) is 27.0. The SMILES string of the molecule is CC(Cl)C(=O)NCCC(=O)On1c(O)ccc1O. The van der Waals surface area contributed by atoms with Crippen LogP contribution >= 0.6 is 11.6 Å². The van der Waals surface area contributed by atoms with E-state index in [0.29, 0.717) is 4.73 Å². The molecule has 18 heavy (non-hydrogen) atoms. The van der Waals surface area contributed by atoms with Crippen molar-refractivity contribution in [3.8, 4) is 11.8 Å². The van der Waals surface area contributed by atoms with Crippen molar-refractivity contribution in [3.05, 3.63) is 12.1 Å². The molecule has 1 heterocycles. The van der Waals surface area contributed by atoms with E-state index in [1.54, 1.807) is 0 Å². The summed E-state index contributed by atoms with van der Waals surface area (Å²) in [7, 11) is 0. The number of carbonyl (C=O) groups excluding carboxylic acids is 2. The first kappa shape index (κ1) is 14.2. The first-order valence-electron chi connectivity index (χ1n) is 5.14. The predicted octanol–water partition coefficient (Wildman–Crippen LogP) is -0.0119. The van der Waals surface area contributed by atoms with Gasteiger partial charge in [0.2, 0.25) is 17.7 Å². The molecule has 1 amide bonds. The fourth-order valence-electron chi connectivity index (χ4n) is 1.07. The molecule has 0 spiro atoms. The lowest BCUT2D eigenvalue weighted by Crippen LogP contribution is -2.32. The molecule has 1 aromatic rings. The van der Waals surface area contributed by atoms with Crippen LogP contribution in [0.2, 0.25) is 0 Å². The van der Waals surface area contributed by atoms with E-state index in [-0.39, 0.29) is 13.0 Å². The van der Waals surface area contributed by atoms with E-state index in [0.717, 1.165) is 0 Å². The number of aromatic nitrogens is 1. The number of aromatic hydroxyl groups is 2. The number of hydrogen-bond acceptors (Lipinski definition) is 5. The van der Waals surface area contributed by atoms with Gasteiger partial charge in [0.05, 0.1) is 6.42 Å². The Bertz CT molecular complexity index is 424. The number of rotatable bonds is 5. The van der Waals surface area contributed by atoms with Crippen LogP contribution in [0.15, 0.2) is 12.1 Å². The Morgan fingerprint density at radius 3 is 2.50 bits per heavy atom. The number of alkyl halides is 1. The van der Waals surface area contributed by atoms with Crippen molar-refractivity contribution in [2.75, 3.05) is 6.54 Å². The molecule has 0 saturated carbocycles. The quantitative estimate of drug-likeness (QED) is 0.657. The zero-order chi connectivity index (χ0) is 13.7. The Balaban J connectivity index is 2.37. The van der Waals surface area contributed by atoms with Crippen LogP contribution in [0.4, 0.5) is 0 Å². The second kappa shape index (κ2) is 6.15. The van der Waals surface area contributed by atoms with Crippen molar-refractivity contribution in [2.45, 2.75) is 18.7 Å². The van der Waals surface area contributed by atoms with Crippen LogP contribution in [-0.2, 0) is 9.59 Å². The van der Waals surface area contributed by atoms with E-state index in [4.69, 9.17) is 11.6 Å². The Hall–Kier alpha value is -1.89. The predicted molar refractivity (Wildman–Crippen MR) is 62.3 cm³/mol. The van der Waals surface area contributed by atoms with E-state index in [9.17, 15) is 19.8 Å². The van der Waals surface area contributed by atoms with Crippen LogP contribution in [-0.4, -0.2) is 38.7 Å². The normalized spacial score (nSPS) is 11.9. The highest BCUT2D eigenvalue weighted by Gasteiger charge is 2.13. The van der Waals surface area contributed by atoms with Gasteiger partial charge in [-0.1, -0.05) is 0 Å². The summed E-state index contributed by atoms with van der Waals surface area (Å²) in [5, 5.41) is 20.1. The van der Waals surface area contributed by atoms with Gasteiger partial charge < -0.3 is 20.4 Å². The summed E-state index contributed by atoms with van der Waals surface area (Å²) >= 11 is 5.50. The van der Waals surface area contributed by atoms with Crippen molar-refractivity contribution >= 4 is 23.5 Å². The van der Waals surface area contributed by atoms with Crippen LogP contribution in [0.3, 0.4) is 0 Å². The van der Waals surface area contributed by atoms with Crippen LogP contribution in [0, 0.1) is 0 Å². The molecule has 0 radical (unpaired) electrons. The summed E-state index contributed by atoms with van der Waals surface area (Å²) in [5.74, 6) is -1.92. The molecule has 1 rings (SSSR count). The second-order valence-corrected chi connectivity index (χ2v) is 4.12. The number of amides is 1. The van der Waals surface area contributed by atoms with Gasteiger partial charge in [-0.15, -0.1) is 16.3 Å². The molecule has 100 valence electrons. The van der Waals surface area contributed by atoms with Gasteiger partial charge in [-0.25, -0.2) is 4.79 Å². The number of nitrogens with zero attached hydrogens (tertiary/aromatic N) is 1. The Morgan fingerprint density at radius 2 is 2.00 bits per heavy atom. The van der Waals surface area contributed by atoms with Crippen molar-refractivity contribution < 1.29 is 24.6 Å². The van der Waals surface area contributed by atoms with E-state index < -0.39 is 29.0 Å². The molecule has 0 bridgehead atoms. The molecular weight excluding hydrogens is 264 g/mol. The third kappa shape index (κ3) is 3.85. The van der Waals surface area contributed by atoms with Crippen LogP contribution in [0.1, 0.15) is 13.3 Å². The maximum absolute atomic E-state index is 11.3. The van der Waals surface area contributed by atoms with Crippen molar-refractivity contribution in [1.29, 1.82) is 0 Å². The molecule has 3 N–H and O–H groups in total. The standard InChI is InChI=1S/C10H13ClN2O5/c1-6(11)10(17)12-5-4-9(16)18-13-7(14)2-3-8(13)15/h2-3,6,14-15H,4-5H2,1H3,(H,12,17). The fourth-order valence-corrected chi connectivity index (χ4v) is 1.15. The Kier molecular flexibility index (Phi) is 4.85. The van der Waals surface area contributed by atoms with Gasteiger partial charge in [0.25, 0.3) is 0 Å². The molecule has 1 aromatic heterocycles. The van der Waals surface area contributed by atoms with Gasteiger partial charge >= 0.3 is 5.97 Å². The van der Waals surface area contributed by atoms with Gasteiger partial charge in [0.15, 0.2) is 0 Å². The molecule has 0 aliphatic rings. The van der Waals surface area contributed by atoms with E-state index in [1.165, 1.54) is 19.1 Å². The van der Waals surface area contributed by atoms with Crippen LogP contribution < -0.4 is 10.2 Å². The van der Waals surface area contributed by atoms with Gasteiger partial charge in [-0.05, 0) is 6.92 Å². The molecule has 0 fully saturated rings. The second-order valence-electron chi connectivity index (χ2n) is 3.46. The maximum atomic E-state index is 11.3. The molecule has 0 aromatic carbocycles. The lowest BCUT2D eigenvalue weighted by molar-refractivity contribution is -0.145. The first-order chi connectivity index (χ1) is 8.41. The van der Waals surface area contributed by atoms with Crippen molar-refractivity contribution in [1.82, 2.24) is 10.0 Å². The summed E-state index contributed by atoms with van der Waals surface area (Å²) in [6, 6.07) is 2.33. The minimum absolute atomic E-state index is 0.0531. The molecule has 0 saturated heterocycles. The maximum Gasteiger partial charge on any atom is 0.334 e. The lowest BCUT2D eigenvalue weighted by Gasteiger charge is -2.08. The molecule has 0 aliphatic heterocycles. The molecule has 0 aliphatic carbocycles. The molecular formula is C10H13ClN2O5. The van der Waals surface area contributed by atoms with Crippen molar-refractivity contribution in [2.24, 2.45) is 0 Å². The van der Waals surface area contributed by atoms with E-state index >= 15 is 0 Å². The minimum atomic E-state index is -0.723. The highest BCUT2D eigenvalue weighted by Crippen LogP contribution is 2.18. The highest BCUT2D eigenvalue weighted by molar-refractivity contribution is 6.30. The monoisotopic (exact) mass is 276 g/mol. The zero-order valence-electron chi connectivity index (χ0n) is 9.59. The summed E-state index contributed by atoms with van der Waals surface area (Å²) in [6.07, 6.45) is -0.119. The average Bonchev–Trinajstić information content (AvgIpc) is 2.60. The number of hydrogen-bond donors (Lipinski definition) is 3. The first-order valence-corrected chi connectivity index (χ1v) is 5.58. The summed E-state index contributed by atoms with van der Waals surface area (Å²) in [5.41, 5.74) is 0. The number of nitrogens with one attached hydrogen (secondary N) is 1. The van der Waals surface area contributed by atoms with E-state index in [2.05, 4.69) is 10.2 Å². The Labute approximate surface area is 108 Å². The molecule has 8 heteroatoms. The molecule has 1 atom stereocenters. The fraction of sp³-hybridized carbons (Fsp3) is 0.400. The zero-order valence-corrected chi connectivity index (χ0v) is 10.3.